The summed E-state index contributed by atoms with van der Waals surface area (Å²) in [6.45, 7) is 2.56. The molecule has 0 aliphatic heterocycles. The highest BCUT2D eigenvalue weighted by molar-refractivity contribution is 6.31. The quantitative estimate of drug-likeness (QED) is 0.825. The second-order valence-electron chi connectivity index (χ2n) is 4.38. The molecule has 5 heteroatoms. The lowest BCUT2D eigenvalue weighted by atomic mass is 10.0. The number of benzene rings is 1. The average Bonchev–Trinajstić information content (AvgIpc) is 2.77. The molecule has 0 spiro atoms. The monoisotopic (exact) mass is 280 g/mol. The van der Waals surface area contributed by atoms with Crippen LogP contribution in [0, 0.1) is 0 Å². The summed E-state index contributed by atoms with van der Waals surface area (Å²) >= 11 is 6.01. The number of nitrogens with zero attached hydrogens (tertiary/aromatic N) is 1. The zero-order valence-corrected chi connectivity index (χ0v) is 11.7. The summed E-state index contributed by atoms with van der Waals surface area (Å²) < 4.78 is 2.00. The summed E-state index contributed by atoms with van der Waals surface area (Å²) in [5, 5.41) is 13.5. The molecule has 1 aromatic carbocycles. The van der Waals surface area contributed by atoms with Gasteiger partial charge in [-0.05, 0) is 32.2 Å². The van der Waals surface area contributed by atoms with E-state index < -0.39 is 6.04 Å². The Morgan fingerprint density at radius 2 is 2.26 bits per heavy atom. The lowest BCUT2D eigenvalue weighted by molar-refractivity contribution is 0.0906. The van der Waals surface area contributed by atoms with Crippen molar-refractivity contribution in [3.8, 4) is 0 Å². The number of halogens is 1. The number of ketones is 1. The van der Waals surface area contributed by atoms with Crippen LogP contribution in [0.5, 0.6) is 0 Å². The molecule has 0 saturated heterocycles. The van der Waals surface area contributed by atoms with E-state index in [-0.39, 0.29) is 12.4 Å². The molecule has 0 amide bonds. The number of carbonyl (C=O) groups is 1. The van der Waals surface area contributed by atoms with Crippen molar-refractivity contribution in [2.45, 2.75) is 19.5 Å². The molecule has 0 aliphatic carbocycles. The van der Waals surface area contributed by atoms with Gasteiger partial charge in [0.2, 0.25) is 0 Å². The summed E-state index contributed by atoms with van der Waals surface area (Å²) in [5.74, 6) is -0.121. The third-order valence-corrected chi connectivity index (χ3v) is 3.53. The molecule has 1 heterocycles. The van der Waals surface area contributed by atoms with Crippen LogP contribution in [0.1, 0.15) is 17.3 Å². The van der Waals surface area contributed by atoms with Crippen LogP contribution in [-0.4, -0.2) is 35.2 Å². The first-order chi connectivity index (χ1) is 9.12. The number of aliphatic hydroxyl groups excluding tert-OH is 1. The lowest BCUT2D eigenvalue weighted by Gasteiger charge is -2.10. The van der Waals surface area contributed by atoms with E-state index in [0.29, 0.717) is 10.6 Å². The van der Waals surface area contributed by atoms with E-state index in [1.54, 1.807) is 13.1 Å². The molecule has 102 valence electrons. The molecule has 1 unspecified atom stereocenters. The lowest BCUT2D eigenvalue weighted by Crippen LogP contribution is -2.37. The second-order valence-corrected chi connectivity index (χ2v) is 4.81. The van der Waals surface area contributed by atoms with Crippen molar-refractivity contribution in [1.82, 2.24) is 9.88 Å². The third kappa shape index (κ3) is 2.52. The van der Waals surface area contributed by atoms with Gasteiger partial charge in [0.15, 0.2) is 5.78 Å². The third-order valence-electron chi connectivity index (χ3n) is 3.30. The molecule has 0 radical (unpaired) electrons. The highest BCUT2D eigenvalue weighted by Crippen LogP contribution is 2.26. The Morgan fingerprint density at radius 3 is 2.84 bits per heavy atom. The highest BCUT2D eigenvalue weighted by Gasteiger charge is 2.21. The molecule has 2 aromatic rings. The van der Waals surface area contributed by atoms with Gasteiger partial charge in [-0.2, -0.15) is 0 Å². The molecule has 0 bridgehead atoms. The van der Waals surface area contributed by atoms with Crippen LogP contribution < -0.4 is 5.32 Å². The zero-order chi connectivity index (χ0) is 14.0. The van der Waals surface area contributed by atoms with Crippen LogP contribution in [0.3, 0.4) is 0 Å². The number of hydrogen-bond donors (Lipinski definition) is 2. The summed E-state index contributed by atoms with van der Waals surface area (Å²) in [6, 6.07) is 4.92. The predicted molar refractivity (Wildman–Crippen MR) is 76.9 cm³/mol. The fourth-order valence-corrected chi connectivity index (χ4v) is 2.39. The van der Waals surface area contributed by atoms with Gasteiger partial charge in [0.1, 0.15) is 0 Å². The Balaban J connectivity index is 2.59. The molecule has 0 aliphatic rings. The van der Waals surface area contributed by atoms with E-state index in [1.165, 1.54) is 0 Å². The number of aliphatic hydroxyl groups is 1. The maximum atomic E-state index is 12.4. The Labute approximate surface area is 117 Å². The Morgan fingerprint density at radius 1 is 1.53 bits per heavy atom. The fraction of sp³-hybridized carbons (Fsp3) is 0.357. The van der Waals surface area contributed by atoms with Gasteiger partial charge in [0.25, 0.3) is 0 Å². The first-order valence-electron chi connectivity index (χ1n) is 6.23. The maximum absolute atomic E-state index is 12.4. The van der Waals surface area contributed by atoms with Crippen LogP contribution in [0.15, 0.2) is 24.4 Å². The minimum absolute atomic E-state index is 0.121. The van der Waals surface area contributed by atoms with Crippen molar-refractivity contribution in [1.29, 1.82) is 0 Å². The normalized spacial score (nSPS) is 12.8. The van der Waals surface area contributed by atoms with E-state index in [0.717, 1.165) is 17.4 Å². The van der Waals surface area contributed by atoms with Crippen LogP contribution in [0.25, 0.3) is 10.9 Å². The topological polar surface area (TPSA) is 54.3 Å². The highest BCUT2D eigenvalue weighted by atomic mass is 35.5. The van der Waals surface area contributed by atoms with Crippen molar-refractivity contribution < 1.29 is 9.90 Å². The van der Waals surface area contributed by atoms with Crippen LogP contribution in [-0.2, 0) is 6.54 Å². The molecule has 0 saturated carbocycles. The van der Waals surface area contributed by atoms with E-state index >= 15 is 0 Å². The van der Waals surface area contributed by atoms with Gasteiger partial charge in [-0.15, -0.1) is 0 Å². The molecule has 0 fully saturated rings. The summed E-state index contributed by atoms with van der Waals surface area (Å²) in [6.07, 6.45) is 1.82. The molecule has 1 atom stereocenters. The zero-order valence-electron chi connectivity index (χ0n) is 11.0. The van der Waals surface area contributed by atoms with Crippen LogP contribution >= 0.6 is 11.6 Å². The largest absolute Gasteiger partial charge is 0.394 e. The second kappa shape index (κ2) is 5.74. The number of hydrogen-bond acceptors (Lipinski definition) is 3. The van der Waals surface area contributed by atoms with Gasteiger partial charge in [-0.3, -0.25) is 4.79 Å². The number of likely N-dealkylation sites (N-methyl/N-ethyl adjacent to an activating group) is 1. The van der Waals surface area contributed by atoms with Gasteiger partial charge < -0.3 is 15.0 Å². The van der Waals surface area contributed by atoms with E-state index in [4.69, 9.17) is 11.6 Å². The van der Waals surface area contributed by atoms with Gasteiger partial charge in [-0.1, -0.05) is 11.6 Å². The van der Waals surface area contributed by atoms with Crippen LogP contribution in [0.2, 0.25) is 5.02 Å². The van der Waals surface area contributed by atoms with Gasteiger partial charge in [0, 0.05) is 34.2 Å². The number of aromatic nitrogens is 1. The minimum atomic E-state index is -0.588. The van der Waals surface area contributed by atoms with E-state index in [9.17, 15) is 9.90 Å². The van der Waals surface area contributed by atoms with Crippen molar-refractivity contribution >= 4 is 28.3 Å². The van der Waals surface area contributed by atoms with Crippen molar-refractivity contribution in [3.63, 3.8) is 0 Å². The van der Waals surface area contributed by atoms with Crippen molar-refractivity contribution in [2.75, 3.05) is 13.7 Å². The fourth-order valence-electron chi connectivity index (χ4n) is 2.22. The molecule has 2 rings (SSSR count). The van der Waals surface area contributed by atoms with Crippen molar-refractivity contribution in [2.24, 2.45) is 0 Å². The number of rotatable bonds is 5. The molecular weight excluding hydrogens is 264 g/mol. The number of nitrogens with one attached hydrogen (secondary N) is 1. The van der Waals surface area contributed by atoms with Crippen molar-refractivity contribution in [3.05, 3.63) is 35.0 Å². The molecular formula is C14H17ClN2O2. The maximum Gasteiger partial charge on any atom is 0.184 e. The Hall–Kier alpha value is -1.36. The van der Waals surface area contributed by atoms with Crippen LogP contribution in [0.4, 0.5) is 0 Å². The molecule has 19 heavy (non-hydrogen) atoms. The Bertz CT molecular complexity index is 603. The molecule has 1 aromatic heterocycles. The van der Waals surface area contributed by atoms with E-state index in [1.807, 2.05) is 29.8 Å². The number of carbonyl (C=O) groups excluding carboxylic acids is 1. The smallest absolute Gasteiger partial charge is 0.184 e. The first kappa shape index (κ1) is 14.1. The average molecular weight is 281 g/mol. The summed E-state index contributed by atoms with van der Waals surface area (Å²) in [7, 11) is 1.66. The minimum Gasteiger partial charge on any atom is -0.394 e. The van der Waals surface area contributed by atoms with E-state index in [2.05, 4.69) is 5.32 Å². The Kier molecular flexibility index (Phi) is 4.24. The number of Topliss-reactive ketones (excluding diaryl/α,β-unsaturated/α-hetero) is 1. The standard InChI is InChI=1S/C14H17ClN2O2/c1-3-17-7-11(14(19)12(8-18)16-2)10-6-9(15)4-5-13(10)17/h4-7,12,16,18H,3,8H2,1-2H3. The number of aryl methyl sites for hydroxylation is 1. The predicted octanol–water partition coefficient (Wildman–Crippen LogP) is 2.08. The van der Waals surface area contributed by atoms with Gasteiger partial charge >= 0.3 is 0 Å². The molecule has 2 N–H and O–H groups in total. The van der Waals surface area contributed by atoms with Gasteiger partial charge in [0.05, 0.1) is 12.6 Å². The summed E-state index contributed by atoms with van der Waals surface area (Å²) in [4.78, 5) is 12.4. The number of fused-ring (bicyclic) bond motifs is 1. The SMILES string of the molecule is CCn1cc(C(=O)C(CO)NC)c2cc(Cl)ccc21. The van der Waals surface area contributed by atoms with Gasteiger partial charge in [-0.25, -0.2) is 0 Å². The first-order valence-corrected chi connectivity index (χ1v) is 6.60. The molecule has 4 nitrogen and oxygen atoms in total. The summed E-state index contributed by atoms with van der Waals surface area (Å²) in [5.41, 5.74) is 1.57.